The first-order chi connectivity index (χ1) is 17.8. The summed E-state index contributed by atoms with van der Waals surface area (Å²) in [6, 6.07) is 2.92. The van der Waals surface area contributed by atoms with Crippen molar-refractivity contribution in [3.05, 3.63) is 45.3 Å². The molecule has 3 heterocycles. The molecule has 1 N–H and O–H groups in total. The summed E-state index contributed by atoms with van der Waals surface area (Å²) in [4.78, 5) is 12.3. The molecule has 4 rings (SSSR count). The van der Waals surface area contributed by atoms with Crippen LogP contribution in [0, 0.1) is 6.92 Å². The van der Waals surface area contributed by atoms with E-state index in [4.69, 9.17) is 16.3 Å². The Morgan fingerprint density at radius 2 is 2.00 bits per heavy atom. The maximum atomic E-state index is 14.8. The summed E-state index contributed by atoms with van der Waals surface area (Å²) < 4.78 is 91.1. The number of hydrogen-bond acceptors (Lipinski definition) is 7. The maximum Gasteiger partial charge on any atom is 0.573 e. The van der Waals surface area contributed by atoms with Crippen LogP contribution in [-0.4, -0.2) is 67.4 Å². The molecule has 2 aliphatic rings. The van der Waals surface area contributed by atoms with Gasteiger partial charge in [0.2, 0.25) is 10.0 Å². The molecule has 38 heavy (non-hydrogen) atoms. The van der Waals surface area contributed by atoms with Crippen LogP contribution in [0.3, 0.4) is 0 Å². The Bertz CT molecular complexity index is 1320. The summed E-state index contributed by atoms with van der Waals surface area (Å²) in [5.41, 5.74) is -1.59. The molecule has 0 radical (unpaired) electrons. The van der Waals surface area contributed by atoms with Gasteiger partial charge in [-0.05, 0) is 50.3 Å². The number of aromatic nitrogens is 2. The number of piperidine rings is 1. The van der Waals surface area contributed by atoms with Crippen molar-refractivity contribution in [2.45, 2.75) is 55.6 Å². The number of nitrogens with one attached hydrogen (secondary N) is 1. The summed E-state index contributed by atoms with van der Waals surface area (Å²) in [7, 11) is -4.32. The van der Waals surface area contributed by atoms with E-state index in [-0.39, 0.29) is 49.8 Å². The SMILES string of the molecule is Cc1ccc(OC(F)(F)F)c(S(=O)(=O)N2CCC(n3ncc(NC[C@@]4(F)CCCOC4)c(Cl)c3=O)CC2)c1. The third-order valence-corrected chi connectivity index (χ3v) is 8.81. The lowest BCUT2D eigenvalue weighted by Crippen LogP contribution is -2.42. The quantitative estimate of drug-likeness (QED) is 0.491. The molecule has 1 aromatic heterocycles. The smallest absolute Gasteiger partial charge is 0.404 e. The summed E-state index contributed by atoms with van der Waals surface area (Å²) in [5.74, 6) is -0.812. The fourth-order valence-corrected chi connectivity index (χ4v) is 6.40. The molecule has 0 bridgehead atoms. The second-order valence-electron chi connectivity index (χ2n) is 9.42. The van der Waals surface area contributed by atoms with E-state index in [9.17, 15) is 30.8 Å². The zero-order chi connectivity index (χ0) is 27.7. The Balaban J connectivity index is 1.46. The predicted molar refractivity (Wildman–Crippen MR) is 131 cm³/mol. The van der Waals surface area contributed by atoms with Gasteiger partial charge in [-0.15, -0.1) is 13.2 Å². The van der Waals surface area contributed by atoms with Gasteiger partial charge in [-0.2, -0.15) is 9.40 Å². The lowest BCUT2D eigenvalue weighted by molar-refractivity contribution is -0.275. The molecule has 0 amide bonds. The number of ether oxygens (including phenoxy) is 2. The van der Waals surface area contributed by atoms with Crippen molar-refractivity contribution in [2.75, 3.05) is 38.2 Å². The number of anilines is 1. The number of nitrogens with zero attached hydrogens (tertiary/aromatic N) is 3. The van der Waals surface area contributed by atoms with Crippen LogP contribution < -0.4 is 15.6 Å². The minimum atomic E-state index is -5.06. The van der Waals surface area contributed by atoms with Crippen LogP contribution in [0.1, 0.15) is 37.3 Å². The third kappa shape index (κ3) is 6.41. The van der Waals surface area contributed by atoms with Crippen LogP contribution in [0.4, 0.5) is 23.2 Å². The standard InChI is InChI=1S/C23H27ClF4N4O5S/c1-15-3-4-18(37-23(26,27)28)19(11-15)38(34,35)31-8-5-16(6-9-31)32-21(33)20(24)17(12-30-32)29-13-22(25)7-2-10-36-14-22/h3-4,11-12,16,29H,2,5-10,13-14H2,1H3/t22-/m0/s1. The van der Waals surface area contributed by atoms with E-state index >= 15 is 0 Å². The van der Waals surface area contributed by atoms with Gasteiger partial charge in [-0.25, -0.2) is 17.5 Å². The average Bonchev–Trinajstić information content (AvgIpc) is 2.86. The Hall–Kier alpha value is -2.42. The zero-order valence-electron chi connectivity index (χ0n) is 20.4. The van der Waals surface area contributed by atoms with Crippen LogP contribution in [0.25, 0.3) is 0 Å². The number of rotatable bonds is 7. The Kier molecular flexibility index (Phi) is 8.26. The minimum Gasteiger partial charge on any atom is -0.404 e. The lowest BCUT2D eigenvalue weighted by atomic mass is 9.99. The Morgan fingerprint density at radius 1 is 1.29 bits per heavy atom. The van der Waals surface area contributed by atoms with Crippen LogP contribution in [0.2, 0.25) is 5.02 Å². The van der Waals surface area contributed by atoms with E-state index in [1.165, 1.54) is 12.3 Å². The monoisotopic (exact) mass is 582 g/mol. The van der Waals surface area contributed by atoms with E-state index in [0.717, 1.165) is 21.1 Å². The van der Waals surface area contributed by atoms with Gasteiger partial charge < -0.3 is 14.8 Å². The van der Waals surface area contributed by atoms with Gasteiger partial charge in [0.15, 0.2) is 5.67 Å². The first-order valence-corrected chi connectivity index (χ1v) is 13.8. The number of sulfonamides is 1. The molecule has 0 spiro atoms. The van der Waals surface area contributed by atoms with E-state index in [0.29, 0.717) is 25.0 Å². The molecule has 2 aromatic rings. The van der Waals surface area contributed by atoms with Crippen molar-refractivity contribution >= 4 is 27.3 Å². The molecule has 2 aliphatic heterocycles. The fourth-order valence-electron chi connectivity index (χ4n) is 4.53. The molecule has 0 aliphatic carbocycles. The number of alkyl halides is 4. The highest BCUT2D eigenvalue weighted by atomic mass is 35.5. The highest BCUT2D eigenvalue weighted by molar-refractivity contribution is 7.89. The van der Waals surface area contributed by atoms with Gasteiger partial charge in [0, 0.05) is 19.7 Å². The van der Waals surface area contributed by atoms with Crippen LogP contribution in [-0.2, 0) is 14.8 Å². The normalized spacial score (nSPS) is 21.8. The average molecular weight is 583 g/mol. The van der Waals surface area contributed by atoms with Gasteiger partial charge in [0.05, 0.1) is 31.1 Å². The van der Waals surface area contributed by atoms with Crippen molar-refractivity contribution in [3.8, 4) is 5.75 Å². The number of hydrogen-bond donors (Lipinski definition) is 1. The van der Waals surface area contributed by atoms with Gasteiger partial charge in [0.25, 0.3) is 5.56 Å². The fraction of sp³-hybridized carbons (Fsp3) is 0.565. The third-order valence-electron chi connectivity index (χ3n) is 6.53. The van der Waals surface area contributed by atoms with E-state index < -0.39 is 44.3 Å². The van der Waals surface area contributed by atoms with Crippen molar-refractivity contribution < 1.29 is 35.5 Å². The van der Waals surface area contributed by atoms with Gasteiger partial charge >= 0.3 is 6.36 Å². The van der Waals surface area contributed by atoms with Crippen molar-refractivity contribution in [1.82, 2.24) is 14.1 Å². The highest BCUT2D eigenvalue weighted by Crippen LogP contribution is 2.34. The zero-order valence-corrected chi connectivity index (χ0v) is 22.0. The molecular formula is C23H27ClF4N4O5S. The maximum absolute atomic E-state index is 14.8. The largest absolute Gasteiger partial charge is 0.573 e. The number of benzene rings is 1. The molecule has 0 unspecified atom stereocenters. The molecule has 0 saturated carbocycles. The Labute approximate surface area is 221 Å². The molecule has 15 heteroatoms. The first kappa shape index (κ1) is 28.6. The van der Waals surface area contributed by atoms with Crippen LogP contribution >= 0.6 is 11.6 Å². The summed E-state index contributed by atoms with van der Waals surface area (Å²) in [5, 5.41) is 6.80. The summed E-state index contributed by atoms with van der Waals surface area (Å²) in [6.07, 6.45) is -2.51. The minimum absolute atomic E-state index is 0.0596. The summed E-state index contributed by atoms with van der Waals surface area (Å²) >= 11 is 6.25. The van der Waals surface area contributed by atoms with Crippen molar-refractivity contribution in [2.24, 2.45) is 0 Å². The van der Waals surface area contributed by atoms with Crippen molar-refractivity contribution in [1.29, 1.82) is 0 Å². The number of halogens is 5. The van der Waals surface area contributed by atoms with Crippen LogP contribution in [0.15, 0.2) is 34.1 Å². The molecular weight excluding hydrogens is 556 g/mol. The van der Waals surface area contributed by atoms with Crippen LogP contribution in [0.5, 0.6) is 5.75 Å². The van der Waals surface area contributed by atoms with E-state index in [1.54, 1.807) is 6.92 Å². The molecule has 2 fully saturated rings. The highest BCUT2D eigenvalue weighted by Gasteiger charge is 2.37. The van der Waals surface area contributed by atoms with E-state index in [2.05, 4.69) is 15.2 Å². The molecule has 1 atom stereocenters. The first-order valence-electron chi connectivity index (χ1n) is 11.9. The molecule has 2 saturated heterocycles. The summed E-state index contributed by atoms with van der Waals surface area (Å²) in [6.45, 7) is 1.75. The molecule has 210 valence electrons. The number of aryl methyl sites for hydroxylation is 1. The van der Waals surface area contributed by atoms with E-state index in [1.807, 2.05) is 0 Å². The molecule has 1 aromatic carbocycles. The second-order valence-corrected chi connectivity index (χ2v) is 11.7. The Morgan fingerprint density at radius 3 is 2.63 bits per heavy atom. The lowest BCUT2D eigenvalue weighted by Gasteiger charge is -2.32. The second kappa shape index (κ2) is 11.0. The van der Waals surface area contributed by atoms with Gasteiger partial charge in [-0.1, -0.05) is 17.7 Å². The predicted octanol–water partition coefficient (Wildman–Crippen LogP) is 4.06. The van der Waals surface area contributed by atoms with Crippen molar-refractivity contribution in [3.63, 3.8) is 0 Å². The van der Waals surface area contributed by atoms with Gasteiger partial charge in [-0.3, -0.25) is 4.79 Å². The topological polar surface area (TPSA) is 103 Å². The van der Waals surface area contributed by atoms with Gasteiger partial charge in [0.1, 0.15) is 15.7 Å². The molecule has 9 nitrogen and oxygen atoms in total.